The van der Waals surface area contributed by atoms with Crippen LogP contribution in [-0.4, -0.2) is 29.9 Å². The molecule has 1 aliphatic heterocycles. The van der Waals surface area contributed by atoms with Gasteiger partial charge < -0.3 is 20.3 Å². The van der Waals surface area contributed by atoms with Crippen LogP contribution >= 0.6 is 0 Å². The van der Waals surface area contributed by atoms with Crippen molar-refractivity contribution < 1.29 is 19.4 Å². The van der Waals surface area contributed by atoms with E-state index >= 15 is 0 Å². The van der Waals surface area contributed by atoms with E-state index in [0.29, 0.717) is 18.0 Å². The molecule has 2 unspecified atom stereocenters. The number of carbonyl (C=O) groups is 1. The molecular formula is C13H17NO4. The summed E-state index contributed by atoms with van der Waals surface area (Å²) in [6.45, 7) is 2.37. The third-order valence-electron chi connectivity index (χ3n) is 2.98. The van der Waals surface area contributed by atoms with Gasteiger partial charge in [0, 0.05) is 11.8 Å². The highest BCUT2D eigenvalue weighted by Crippen LogP contribution is 2.24. The van der Waals surface area contributed by atoms with Crippen molar-refractivity contribution >= 4 is 11.7 Å². The lowest BCUT2D eigenvalue weighted by molar-refractivity contribution is 0.0259. The number of carboxylic acid groups (broad SMARTS) is 1. The van der Waals surface area contributed by atoms with Crippen molar-refractivity contribution in [3.63, 3.8) is 0 Å². The third-order valence-corrected chi connectivity index (χ3v) is 2.98. The summed E-state index contributed by atoms with van der Waals surface area (Å²) in [5.74, 6) is -0.726. The van der Waals surface area contributed by atoms with Crippen molar-refractivity contribution in [2.24, 2.45) is 0 Å². The first-order valence-corrected chi connectivity index (χ1v) is 5.97. The highest BCUT2D eigenvalue weighted by molar-refractivity contribution is 5.91. The lowest BCUT2D eigenvalue weighted by Gasteiger charge is -2.14. The minimum absolute atomic E-state index is 0.0306. The Balaban J connectivity index is 2.04. The molecule has 0 amide bonds. The van der Waals surface area contributed by atoms with Crippen molar-refractivity contribution in [3.05, 3.63) is 23.8 Å². The number of ether oxygens (including phenoxy) is 2. The zero-order valence-electron chi connectivity index (χ0n) is 10.3. The van der Waals surface area contributed by atoms with Crippen LogP contribution in [0.15, 0.2) is 18.2 Å². The molecule has 1 saturated heterocycles. The van der Waals surface area contributed by atoms with E-state index in [4.69, 9.17) is 20.3 Å². The maximum absolute atomic E-state index is 11.0. The van der Waals surface area contributed by atoms with Gasteiger partial charge in [-0.15, -0.1) is 0 Å². The van der Waals surface area contributed by atoms with E-state index in [1.807, 2.05) is 6.92 Å². The Labute approximate surface area is 106 Å². The number of nitrogens with two attached hydrogens (primary N) is 1. The molecule has 0 spiro atoms. The average Bonchev–Trinajstić information content (AvgIpc) is 2.72. The fourth-order valence-corrected chi connectivity index (χ4v) is 2.03. The number of carboxylic acids is 1. The predicted molar refractivity (Wildman–Crippen MR) is 66.9 cm³/mol. The molecule has 1 aliphatic rings. The van der Waals surface area contributed by atoms with Crippen LogP contribution in [0.1, 0.15) is 30.1 Å². The van der Waals surface area contributed by atoms with E-state index in [-0.39, 0.29) is 17.8 Å². The van der Waals surface area contributed by atoms with Crippen LogP contribution in [0, 0.1) is 0 Å². The lowest BCUT2D eigenvalue weighted by atomic mass is 10.2. The molecule has 98 valence electrons. The lowest BCUT2D eigenvalue weighted by Crippen LogP contribution is -2.19. The first-order chi connectivity index (χ1) is 8.56. The maximum atomic E-state index is 11.0. The van der Waals surface area contributed by atoms with E-state index in [0.717, 1.165) is 12.8 Å². The van der Waals surface area contributed by atoms with Crippen LogP contribution < -0.4 is 10.5 Å². The molecular weight excluding hydrogens is 234 g/mol. The molecule has 0 radical (unpaired) electrons. The summed E-state index contributed by atoms with van der Waals surface area (Å²) in [5.41, 5.74) is 6.23. The monoisotopic (exact) mass is 251 g/mol. The Kier molecular flexibility index (Phi) is 3.72. The molecule has 5 nitrogen and oxygen atoms in total. The van der Waals surface area contributed by atoms with E-state index in [9.17, 15) is 4.79 Å². The molecule has 2 rings (SSSR count). The zero-order valence-corrected chi connectivity index (χ0v) is 10.3. The summed E-state index contributed by atoms with van der Waals surface area (Å²) < 4.78 is 11.1. The van der Waals surface area contributed by atoms with Crippen LogP contribution in [0.3, 0.4) is 0 Å². The van der Waals surface area contributed by atoms with Crippen molar-refractivity contribution in [2.75, 3.05) is 12.3 Å². The Morgan fingerprint density at radius 1 is 1.56 bits per heavy atom. The van der Waals surface area contributed by atoms with E-state index in [2.05, 4.69) is 0 Å². The van der Waals surface area contributed by atoms with E-state index < -0.39 is 5.97 Å². The maximum Gasteiger partial charge on any atom is 0.339 e. The predicted octanol–water partition coefficient (Wildman–Crippen LogP) is 1.91. The minimum atomic E-state index is -1.02. The van der Waals surface area contributed by atoms with Gasteiger partial charge in [0.2, 0.25) is 0 Å². The van der Waals surface area contributed by atoms with Crippen LogP contribution in [0.2, 0.25) is 0 Å². The third kappa shape index (κ3) is 2.92. The van der Waals surface area contributed by atoms with Gasteiger partial charge in [-0.25, -0.2) is 4.79 Å². The zero-order chi connectivity index (χ0) is 13.1. The molecule has 1 aromatic rings. The SMILES string of the molecule is CC1CCC(COc2cc(N)ccc2C(=O)O)O1. The molecule has 18 heavy (non-hydrogen) atoms. The van der Waals surface area contributed by atoms with Gasteiger partial charge >= 0.3 is 5.97 Å². The number of rotatable bonds is 4. The van der Waals surface area contributed by atoms with Crippen molar-refractivity contribution in [2.45, 2.75) is 32.0 Å². The Morgan fingerprint density at radius 2 is 2.33 bits per heavy atom. The summed E-state index contributed by atoms with van der Waals surface area (Å²) in [6.07, 6.45) is 2.23. The number of hydrogen-bond acceptors (Lipinski definition) is 4. The van der Waals surface area contributed by atoms with Crippen molar-refractivity contribution in [3.8, 4) is 5.75 Å². The Hall–Kier alpha value is -1.75. The van der Waals surface area contributed by atoms with Gasteiger partial charge in [0.25, 0.3) is 0 Å². The molecule has 0 aromatic heterocycles. The first kappa shape index (κ1) is 12.7. The molecule has 0 saturated carbocycles. The molecule has 0 aliphatic carbocycles. The Bertz CT molecular complexity index is 447. The highest BCUT2D eigenvalue weighted by Gasteiger charge is 2.23. The van der Waals surface area contributed by atoms with Crippen molar-refractivity contribution in [1.29, 1.82) is 0 Å². The summed E-state index contributed by atoms with van der Waals surface area (Å²) in [4.78, 5) is 11.0. The van der Waals surface area contributed by atoms with Crippen molar-refractivity contribution in [1.82, 2.24) is 0 Å². The second-order valence-corrected chi connectivity index (χ2v) is 4.52. The van der Waals surface area contributed by atoms with Crippen LogP contribution in [-0.2, 0) is 4.74 Å². The molecule has 1 heterocycles. The second-order valence-electron chi connectivity index (χ2n) is 4.52. The first-order valence-electron chi connectivity index (χ1n) is 5.97. The normalized spacial score (nSPS) is 22.9. The smallest absolute Gasteiger partial charge is 0.339 e. The topological polar surface area (TPSA) is 81.8 Å². The summed E-state index contributed by atoms with van der Waals surface area (Å²) in [7, 11) is 0. The second kappa shape index (κ2) is 5.27. The van der Waals surface area contributed by atoms with Crippen LogP contribution in [0.4, 0.5) is 5.69 Å². The summed E-state index contributed by atoms with van der Waals surface area (Å²) in [6, 6.07) is 4.53. The van der Waals surface area contributed by atoms with E-state index in [1.165, 1.54) is 12.1 Å². The number of benzene rings is 1. The number of nitrogen functional groups attached to an aromatic ring is 1. The highest BCUT2D eigenvalue weighted by atomic mass is 16.5. The number of aromatic carboxylic acids is 1. The molecule has 1 fully saturated rings. The molecule has 5 heteroatoms. The fraction of sp³-hybridized carbons (Fsp3) is 0.462. The molecule has 1 aromatic carbocycles. The quantitative estimate of drug-likeness (QED) is 0.799. The van der Waals surface area contributed by atoms with Gasteiger partial charge in [-0.05, 0) is 31.9 Å². The van der Waals surface area contributed by atoms with Gasteiger partial charge in [0.15, 0.2) is 0 Å². The number of hydrogen-bond donors (Lipinski definition) is 2. The largest absolute Gasteiger partial charge is 0.490 e. The van der Waals surface area contributed by atoms with Gasteiger partial charge in [0.05, 0.1) is 12.2 Å². The Morgan fingerprint density at radius 3 is 2.94 bits per heavy atom. The van der Waals surface area contributed by atoms with E-state index in [1.54, 1.807) is 6.07 Å². The number of anilines is 1. The van der Waals surface area contributed by atoms with Gasteiger partial charge in [-0.3, -0.25) is 0 Å². The summed E-state index contributed by atoms with van der Waals surface area (Å²) in [5, 5.41) is 9.04. The van der Waals surface area contributed by atoms with Gasteiger partial charge in [-0.2, -0.15) is 0 Å². The van der Waals surface area contributed by atoms with Gasteiger partial charge in [0.1, 0.15) is 17.9 Å². The average molecular weight is 251 g/mol. The van der Waals surface area contributed by atoms with Crippen LogP contribution in [0.25, 0.3) is 0 Å². The van der Waals surface area contributed by atoms with Gasteiger partial charge in [-0.1, -0.05) is 0 Å². The molecule has 3 N–H and O–H groups in total. The van der Waals surface area contributed by atoms with Crippen LogP contribution in [0.5, 0.6) is 5.75 Å². The standard InChI is InChI=1S/C13H17NO4/c1-8-2-4-10(18-8)7-17-12-6-9(14)3-5-11(12)13(15)16/h3,5-6,8,10H,2,4,7,14H2,1H3,(H,15,16). The minimum Gasteiger partial charge on any atom is -0.490 e. The molecule has 0 bridgehead atoms. The summed E-state index contributed by atoms with van der Waals surface area (Å²) >= 11 is 0. The molecule has 2 atom stereocenters. The fourth-order valence-electron chi connectivity index (χ4n) is 2.03.